The van der Waals surface area contributed by atoms with Crippen LogP contribution >= 0.6 is 0 Å². The summed E-state index contributed by atoms with van der Waals surface area (Å²) in [4.78, 5) is 28.0. The van der Waals surface area contributed by atoms with Crippen LogP contribution in [-0.4, -0.2) is 49.2 Å². The third-order valence-corrected chi connectivity index (χ3v) is 6.84. The molecule has 0 saturated carbocycles. The fourth-order valence-electron chi connectivity index (χ4n) is 4.87. The van der Waals surface area contributed by atoms with Crippen LogP contribution in [0.3, 0.4) is 0 Å². The molecule has 38 heavy (non-hydrogen) atoms. The Morgan fingerprint density at radius 3 is 2.34 bits per heavy atom. The summed E-state index contributed by atoms with van der Waals surface area (Å²) < 4.78 is 32.1. The summed E-state index contributed by atoms with van der Waals surface area (Å²) in [7, 11) is 4.44. The number of allylic oxidation sites excluding steroid dienone is 1. The largest absolute Gasteiger partial charge is 0.493 e. The molecule has 4 rings (SSSR count). The minimum atomic E-state index is -0.585. The van der Waals surface area contributed by atoms with E-state index in [-0.39, 0.29) is 22.9 Å². The fraction of sp³-hybridized carbons (Fsp3) is 0.267. The number of carbonyl (C=O) groups is 2. The molecule has 7 nitrogen and oxygen atoms in total. The molecule has 0 unspecified atom stereocenters. The summed E-state index contributed by atoms with van der Waals surface area (Å²) in [5.74, 6) is -0.00251. The molecule has 0 radical (unpaired) electrons. The summed E-state index contributed by atoms with van der Waals surface area (Å²) in [5, 5.41) is 0. The molecule has 0 N–H and O–H groups in total. The van der Waals surface area contributed by atoms with Crippen molar-refractivity contribution in [2.24, 2.45) is 0 Å². The van der Waals surface area contributed by atoms with E-state index in [1.54, 1.807) is 54.9 Å². The number of hydrogen-bond acceptors (Lipinski definition) is 5. The molecule has 1 aliphatic rings. The van der Waals surface area contributed by atoms with Crippen molar-refractivity contribution in [2.75, 3.05) is 27.9 Å². The van der Waals surface area contributed by atoms with Crippen molar-refractivity contribution in [3.8, 4) is 17.2 Å². The van der Waals surface area contributed by atoms with E-state index in [4.69, 9.17) is 14.2 Å². The van der Waals surface area contributed by atoms with Crippen LogP contribution in [0, 0.1) is 19.7 Å². The number of nitrogens with zero attached hydrogens (tertiary/aromatic N) is 2. The molecule has 0 spiro atoms. The lowest BCUT2D eigenvalue weighted by molar-refractivity contribution is -0.136. The average Bonchev–Trinajstić information content (AvgIpc) is 3.32. The molecule has 3 aromatic rings. The lowest BCUT2D eigenvalue weighted by atomic mass is 10.0. The Labute approximate surface area is 221 Å². The first kappa shape index (κ1) is 26.7. The quantitative estimate of drug-likeness (QED) is 0.304. The lowest BCUT2D eigenvalue weighted by Gasteiger charge is -2.18. The van der Waals surface area contributed by atoms with Crippen molar-refractivity contribution >= 4 is 18.0 Å². The van der Waals surface area contributed by atoms with Gasteiger partial charge in [0.2, 0.25) is 0 Å². The van der Waals surface area contributed by atoms with Crippen LogP contribution in [-0.2, 0) is 20.7 Å². The second kappa shape index (κ2) is 11.0. The topological polar surface area (TPSA) is 70.0 Å². The average molecular weight is 519 g/mol. The molecule has 2 heterocycles. The van der Waals surface area contributed by atoms with Crippen LogP contribution in [0.2, 0.25) is 0 Å². The summed E-state index contributed by atoms with van der Waals surface area (Å²) in [6.45, 7) is 5.82. The first-order valence-electron chi connectivity index (χ1n) is 12.2. The Bertz CT molecular complexity index is 1470. The number of carbonyl (C=O) groups excluding carboxylic acids is 2. The molecule has 1 aliphatic heterocycles. The van der Waals surface area contributed by atoms with Crippen molar-refractivity contribution in [2.45, 2.75) is 27.2 Å². The van der Waals surface area contributed by atoms with Crippen LogP contribution in [0.5, 0.6) is 11.5 Å². The van der Waals surface area contributed by atoms with Gasteiger partial charge in [-0.1, -0.05) is 18.2 Å². The van der Waals surface area contributed by atoms with Gasteiger partial charge in [-0.3, -0.25) is 4.79 Å². The number of para-hydroxylation sites is 1. The van der Waals surface area contributed by atoms with Gasteiger partial charge in [0.05, 0.1) is 38.2 Å². The number of ether oxygens (including phenoxy) is 3. The van der Waals surface area contributed by atoms with Crippen molar-refractivity contribution in [3.63, 3.8) is 0 Å². The van der Waals surface area contributed by atoms with Gasteiger partial charge < -0.3 is 23.7 Å². The van der Waals surface area contributed by atoms with E-state index in [0.29, 0.717) is 41.4 Å². The number of benzene rings is 2. The standard InChI is InChI=1S/C30H31FN2O5/c1-18-15-22(19(2)33(18)25-10-8-7-9-24(25)31)17-23-28(30(35)38-6)20(3)32(29(23)34)14-13-21-11-12-26(36-4)27(16-21)37-5/h7-12,15-17H,13-14H2,1-6H3/b23-17-. The molecule has 0 saturated heterocycles. The van der Waals surface area contributed by atoms with Gasteiger partial charge in [-0.15, -0.1) is 0 Å². The number of aromatic nitrogens is 1. The normalized spacial score (nSPS) is 14.4. The third kappa shape index (κ3) is 4.81. The predicted molar refractivity (Wildman–Crippen MR) is 143 cm³/mol. The summed E-state index contributed by atoms with van der Waals surface area (Å²) in [6, 6.07) is 14.0. The minimum absolute atomic E-state index is 0.223. The van der Waals surface area contributed by atoms with Gasteiger partial charge in [-0.25, -0.2) is 9.18 Å². The van der Waals surface area contributed by atoms with Gasteiger partial charge in [0.25, 0.3) is 5.91 Å². The number of methoxy groups -OCH3 is 3. The summed E-state index contributed by atoms with van der Waals surface area (Å²) >= 11 is 0. The zero-order valence-electron chi connectivity index (χ0n) is 22.4. The third-order valence-electron chi connectivity index (χ3n) is 6.84. The van der Waals surface area contributed by atoms with Crippen LogP contribution in [0.15, 0.2) is 65.4 Å². The molecule has 0 bridgehead atoms. The zero-order valence-corrected chi connectivity index (χ0v) is 22.4. The highest BCUT2D eigenvalue weighted by molar-refractivity contribution is 6.16. The summed E-state index contributed by atoms with van der Waals surface area (Å²) in [5.41, 5.74) is 4.63. The van der Waals surface area contributed by atoms with Crippen molar-refractivity contribution in [3.05, 3.63) is 93.7 Å². The van der Waals surface area contributed by atoms with Gasteiger partial charge in [0.1, 0.15) is 5.82 Å². The second-order valence-electron chi connectivity index (χ2n) is 9.02. The number of halogens is 1. The predicted octanol–water partition coefficient (Wildman–Crippen LogP) is 5.17. The first-order chi connectivity index (χ1) is 18.2. The minimum Gasteiger partial charge on any atom is -0.493 e. The molecule has 1 amide bonds. The van der Waals surface area contributed by atoms with Gasteiger partial charge >= 0.3 is 5.97 Å². The van der Waals surface area contributed by atoms with Crippen LogP contribution < -0.4 is 9.47 Å². The maximum Gasteiger partial charge on any atom is 0.340 e. The highest BCUT2D eigenvalue weighted by Crippen LogP contribution is 2.34. The van der Waals surface area contributed by atoms with E-state index in [1.165, 1.54) is 13.2 Å². The van der Waals surface area contributed by atoms with Crippen molar-refractivity contribution < 1.29 is 28.2 Å². The van der Waals surface area contributed by atoms with E-state index >= 15 is 0 Å². The number of aryl methyl sites for hydroxylation is 1. The second-order valence-corrected chi connectivity index (χ2v) is 9.02. The molecule has 0 aliphatic carbocycles. The molecule has 1 aromatic heterocycles. The van der Waals surface area contributed by atoms with E-state index < -0.39 is 5.97 Å². The smallest absolute Gasteiger partial charge is 0.340 e. The number of rotatable bonds is 8. The van der Waals surface area contributed by atoms with Crippen molar-refractivity contribution in [1.82, 2.24) is 9.47 Å². The Morgan fingerprint density at radius 2 is 1.68 bits per heavy atom. The first-order valence-corrected chi connectivity index (χ1v) is 12.2. The fourth-order valence-corrected chi connectivity index (χ4v) is 4.87. The maximum atomic E-state index is 14.6. The lowest BCUT2D eigenvalue weighted by Crippen LogP contribution is -2.27. The van der Waals surface area contributed by atoms with E-state index in [2.05, 4.69) is 0 Å². The molecule has 2 aromatic carbocycles. The Balaban J connectivity index is 1.69. The molecular weight excluding hydrogens is 487 g/mol. The SMILES string of the molecule is COC(=O)C1=C(C)N(CCc2ccc(OC)c(OC)c2)C(=O)/C1=C\c1cc(C)n(-c2ccccc2F)c1C. The zero-order chi connectivity index (χ0) is 27.6. The maximum absolute atomic E-state index is 14.6. The number of amides is 1. The Morgan fingerprint density at radius 1 is 0.974 bits per heavy atom. The van der Waals surface area contributed by atoms with Crippen LogP contribution in [0.4, 0.5) is 4.39 Å². The monoisotopic (exact) mass is 518 g/mol. The van der Waals surface area contributed by atoms with Gasteiger partial charge in [0, 0.05) is 23.6 Å². The highest BCUT2D eigenvalue weighted by Gasteiger charge is 2.37. The Kier molecular flexibility index (Phi) is 7.71. The van der Waals surface area contributed by atoms with E-state index in [9.17, 15) is 14.0 Å². The van der Waals surface area contributed by atoms with E-state index in [1.807, 2.05) is 38.1 Å². The van der Waals surface area contributed by atoms with Gasteiger partial charge in [0.15, 0.2) is 11.5 Å². The number of esters is 1. The van der Waals surface area contributed by atoms with E-state index in [0.717, 1.165) is 17.0 Å². The van der Waals surface area contributed by atoms with Crippen LogP contribution in [0.1, 0.15) is 29.4 Å². The molecular formula is C30H31FN2O5. The molecule has 198 valence electrons. The Hall–Kier alpha value is -4.33. The van der Waals surface area contributed by atoms with Crippen molar-refractivity contribution in [1.29, 1.82) is 0 Å². The highest BCUT2D eigenvalue weighted by atomic mass is 19.1. The van der Waals surface area contributed by atoms with Gasteiger partial charge in [-0.2, -0.15) is 0 Å². The molecule has 8 heteroatoms. The molecule has 0 atom stereocenters. The van der Waals surface area contributed by atoms with Gasteiger partial charge in [-0.05, 0) is 74.7 Å². The van der Waals surface area contributed by atoms with Crippen LogP contribution in [0.25, 0.3) is 11.8 Å². The number of hydrogen-bond donors (Lipinski definition) is 0. The molecule has 0 fully saturated rings. The summed E-state index contributed by atoms with van der Waals surface area (Å²) in [6.07, 6.45) is 2.22.